The minimum atomic E-state index is -0.110. The molecule has 0 atom stereocenters. The fraction of sp³-hybridized carbons (Fsp3) is 0.300. The molecule has 0 aliphatic carbocycles. The lowest BCUT2D eigenvalue weighted by Crippen LogP contribution is -2.26. The summed E-state index contributed by atoms with van der Waals surface area (Å²) in [5, 5.41) is 5.32. The standard InChI is InChI=1S/C20H21N3O2/c1-25-18-9-8-14-5-2-3-6-15(14)16(18)10-11-21-20(24)17-13-23-12-4-7-19(23)22-17/h2-3,5-6,8-9,13H,4,7,10-12H2,1H3,(H,21,24). The summed E-state index contributed by atoms with van der Waals surface area (Å²) >= 11 is 0. The molecule has 1 aliphatic rings. The van der Waals surface area contributed by atoms with Gasteiger partial charge in [0.15, 0.2) is 0 Å². The lowest BCUT2D eigenvalue weighted by Gasteiger charge is -2.12. The molecular formula is C20H21N3O2. The molecule has 0 unspecified atom stereocenters. The molecule has 4 rings (SSSR count). The van der Waals surface area contributed by atoms with Crippen molar-refractivity contribution in [2.75, 3.05) is 13.7 Å². The molecule has 0 spiro atoms. The van der Waals surface area contributed by atoms with Crippen LogP contribution in [0, 0.1) is 0 Å². The number of rotatable bonds is 5. The Labute approximate surface area is 146 Å². The van der Waals surface area contributed by atoms with E-state index in [0.29, 0.717) is 18.7 Å². The van der Waals surface area contributed by atoms with Gasteiger partial charge in [0, 0.05) is 31.3 Å². The van der Waals surface area contributed by atoms with Crippen LogP contribution in [0.2, 0.25) is 0 Å². The molecule has 128 valence electrons. The molecule has 3 aromatic rings. The van der Waals surface area contributed by atoms with E-state index >= 15 is 0 Å². The molecule has 1 aliphatic heterocycles. The maximum Gasteiger partial charge on any atom is 0.271 e. The molecule has 25 heavy (non-hydrogen) atoms. The van der Waals surface area contributed by atoms with Crippen LogP contribution in [0.15, 0.2) is 42.6 Å². The van der Waals surface area contributed by atoms with E-state index < -0.39 is 0 Å². The van der Waals surface area contributed by atoms with Gasteiger partial charge in [-0.1, -0.05) is 30.3 Å². The van der Waals surface area contributed by atoms with Crippen molar-refractivity contribution in [2.45, 2.75) is 25.8 Å². The summed E-state index contributed by atoms with van der Waals surface area (Å²) in [5.74, 6) is 1.76. The number of benzene rings is 2. The molecule has 0 radical (unpaired) electrons. The number of ether oxygens (including phenoxy) is 1. The SMILES string of the molecule is COc1ccc2ccccc2c1CCNC(=O)c1cn2c(n1)CCC2. The van der Waals surface area contributed by atoms with Gasteiger partial charge in [0.25, 0.3) is 5.91 Å². The summed E-state index contributed by atoms with van der Waals surface area (Å²) in [6.45, 7) is 1.51. The van der Waals surface area contributed by atoms with Crippen molar-refractivity contribution in [3.05, 3.63) is 59.7 Å². The van der Waals surface area contributed by atoms with Crippen molar-refractivity contribution >= 4 is 16.7 Å². The van der Waals surface area contributed by atoms with Gasteiger partial charge in [0.05, 0.1) is 7.11 Å². The second-order valence-corrected chi connectivity index (χ2v) is 6.31. The largest absolute Gasteiger partial charge is 0.496 e. The van der Waals surface area contributed by atoms with Crippen LogP contribution in [0.1, 0.15) is 28.3 Å². The fourth-order valence-corrected chi connectivity index (χ4v) is 3.52. The number of nitrogens with zero attached hydrogens (tertiary/aromatic N) is 2. The number of hydrogen-bond donors (Lipinski definition) is 1. The van der Waals surface area contributed by atoms with Crippen LogP contribution in [0.3, 0.4) is 0 Å². The predicted octanol–water partition coefficient (Wildman–Crippen LogP) is 2.96. The molecular weight excluding hydrogens is 314 g/mol. The third kappa shape index (κ3) is 2.97. The predicted molar refractivity (Wildman–Crippen MR) is 97.1 cm³/mol. The number of fused-ring (bicyclic) bond motifs is 2. The molecule has 5 nitrogen and oxygen atoms in total. The molecule has 0 bridgehead atoms. The average Bonchev–Trinajstić information content (AvgIpc) is 3.23. The maximum atomic E-state index is 12.3. The summed E-state index contributed by atoms with van der Waals surface area (Å²) < 4.78 is 7.58. The van der Waals surface area contributed by atoms with Gasteiger partial charge in [0.2, 0.25) is 0 Å². The van der Waals surface area contributed by atoms with Gasteiger partial charge in [0.1, 0.15) is 17.3 Å². The minimum absolute atomic E-state index is 0.110. The molecule has 0 saturated carbocycles. The zero-order valence-corrected chi connectivity index (χ0v) is 14.3. The van der Waals surface area contributed by atoms with Crippen molar-refractivity contribution in [3.63, 3.8) is 0 Å². The summed E-state index contributed by atoms with van der Waals surface area (Å²) in [4.78, 5) is 16.8. The Kier molecular flexibility index (Phi) is 4.14. The van der Waals surface area contributed by atoms with Gasteiger partial charge in [-0.15, -0.1) is 0 Å². The third-order valence-corrected chi connectivity index (χ3v) is 4.77. The molecule has 2 aromatic carbocycles. The lowest BCUT2D eigenvalue weighted by atomic mass is 10.0. The first-order chi connectivity index (χ1) is 12.3. The van der Waals surface area contributed by atoms with E-state index in [9.17, 15) is 4.79 Å². The Hall–Kier alpha value is -2.82. The Morgan fingerprint density at radius 2 is 2.16 bits per heavy atom. The minimum Gasteiger partial charge on any atom is -0.496 e. The van der Waals surface area contributed by atoms with Gasteiger partial charge < -0.3 is 14.6 Å². The number of carbonyl (C=O) groups excluding carboxylic acids is 1. The highest BCUT2D eigenvalue weighted by Gasteiger charge is 2.17. The zero-order chi connectivity index (χ0) is 17.2. The monoisotopic (exact) mass is 335 g/mol. The van der Waals surface area contributed by atoms with Gasteiger partial charge in [-0.3, -0.25) is 4.79 Å². The number of amides is 1. The highest BCUT2D eigenvalue weighted by Crippen LogP contribution is 2.28. The number of nitrogens with one attached hydrogen (secondary N) is 1. The zero-order valence-electron chi connectivity index (χ0n) is 14.3. The molecule has 0 fully saturated rings. The highest BCUT2D eigenvalue weighted by atomic mass is 16.5. The van der Waals surface area contributed by atoms with E-state index in [4.69, 9.17) is 4.74 Å². The second-order valence-electron chi connectivity index (χ2n) is 6.31. The second kappa shape index (κ2) is 6.59. The summed E-state index contributed by atoms with van der Waals surface area (Å²) in [6, 6.07) is 12.3. The average molecular weight is 335 g/mol. The Morgan fingerprint density at radius 3 is 3.00 bits per heavy atom. The molecule has 2 heterocycles. The number of aryl methyl sites for hydroxylation is 2. The topological polar surface area (TPSA) is 56.1 Å². The van der Waals surface area contributed by atoms with E-state index in [1.54, 1.807) is 7.11 Å². The quantitative estimate of drug-likeness (QED) is 0.780. The number of methoxy groups -OCH3 is 1. The van der Waals surface area contributed by atoms with Crippen molar-refractivity contribution in [3.8, 4) is 5.75 Å². The maximum absolute atomic E-state index is 12.3. The Balaban J connectivity index is 1.47. The van der Waals surface area contributed by atoms with Crippen molar-refractivity contribution in [1.29, 1.82) is 0 Å². The first-order valence-electron chi connectivity index (χ1n) is 8.65. The molecule has 1 aromatic heterocycles. The van der Waals surface area contributed by atoms with Crippen LogP contribution < -0.4 is 10.1 Å². The molecule has 5 heteroatoms. The van der Waals surface area contributed by atoms with Gasteiger partial charge in [-0.2, -0.15) is 0 Å². The Morgan fingerprint density at radius 1 is 1.28 bits per heavy atom. The Bertz CT molecular complexity index is 908. The van der Waals surface area contributed by atoms with Crippen LogP contribution in [-0.4, -0.2) is 29.1 Å². The first kappa shape index (κ1) is 15.7. The molecule has 0 saturated heterocycles. The lowest BCUT2D eigenvalue weighted by molar-refractivity contribution is 0.0949. The van der Waals surface area contributed by atoms with E-state index in [1.807, 2.05) is 24.4 Å². The normalized spacial score (nSPS) is 13.0. The molecule has 1 N–H and O–H groups in total. The van der Waals surface area contributed by atoms with Crippen molar-refractivity contribution < 1.29 is 9.53 Å². The van der Waals surface area contributed by atoms with Crippen molar-refractivity contribution in [1.82, 2.24) is 14.9 Å². The third-order valence-electron chi connectivity index (χ3n) is 4.77. The van der Waals surface area contributed by atoms with E-state index in [2.05, 4.69) is 33.1 Å². The number of aromatic nitrogens is 2. The van der Waals surface area contributed by atoms with E-state index in [0.717, 1.165) is 41.9 Å². The highest BCUT2D eigenvalue weighted by molar-refractivity contribution is 5.92. The molecule has 1 amide bonds. The summed E-state index contributed by atoms with van der Waals surface area (Å²) in [6.07, 6.45) is 4.64. The van der Waals surface area contributed by atoms with Crippen LogP contribution in [-0.2, 0) is 19.4 Å². The summed E-state index contributed by atoms with van der Waals surface area (Å²) in [7, 11) is 1.68. The number of carbonyl (C=O) groups is 1. The fourth-order valence-electron chi connectivity index (χ4n) is 3.52. The van der Waals surface area contributed by atoms with Crippen molar-refractivity contribution in [2.24, 2.45) is 0 Å². The summed E-state index contributed by atoms with van der Waals surface area (Å²) in [5.41, 5.74) is 1.63. The van der Waals surface area contributed by atoms with E-state index in [-0.39, 0.29) is 5.91 Å². The van der Waals surface area contributed by atoms with Gasteiger partial charge in [-0.05, 0) is 29.7 Å². The first-order valence-corrected chi connectivity index (χ1v) is 8.65. The van der Waals surface area contributed by atoms with Gasteiger partial charge >= 0.3 is 0 Å². The number of hydrogen-bond acceptors (Lipinski definition) is 3. The number of imidazole rings is 1. The van der Waals surface area contributed by atoms with E-state index in [1.165, 1.54) is 5.39 Å². The smallest absolute Gasteiger partial charge is 0.271 e. The van der Waals surface area contributed by atoms with Crippen LogP contribution in [0.25, 0.3) is 10.8 Å². The van der Waals surface area contributed by atoms with Crippen LogP contribution >= 0.6 is 0 Å². The van der Waals surface area contributed by atoms with Gasteiger partial charge in [-0.25, -0.2) is 4.98 Å². The van der Waals surface area contributed by atoms with Crippen LogP contribution in [0.5, 0.6) is 5.75 Å². The van der Waals surface area contributed by atoms with Crippen LogP contribution in [0.4, 0.5) is 0 Å².